The number of aliphatic hydroxyl groups is 1. The van der Waals surface area contributed by atoms with Crippen LogP contribution in [0.4, 0.5) is 36.2 Å². The predicted molar refractivity (Wildman–Crippen MR) is 121 cm³/mol. The van der Waals surface area contributed by atoms with Crippen molar-refractivity contribution in [3.8, 4) is 11.5 Å². The lowest BCUT2D eigenvalue weighted by atomic mass is 10.2. The Bertz CT molecular complexity index is 1110. The molecule has 33 heavy (non-hydrogen) atoms. The number of benzene rings is 1. The molecule has 3 rings (SSSR count). The molecule has 0 spiro atoms. The largest absolute Gasteiger partial charge is 0.497 e. The summed E-state index contributed by atoms with van der Waals surface area (Å²) in [5.41, 5.74) is -0.851. The van der Waals surface area contributed by atoms with E-state index >= 15 is 0 Å². The van der Waals surface area contributed by atoms with Crippen molar-refractivity contribution in [3.63, 3.8) is 0 Å². The van der Waals surface area contributed by atoms with Gasteiger partial charge in [-0.2, -0.15) is 13.2 Å². The van der Waals surface area contributed by atoms with Crippen LogP contribution in [0.5, 0.6) is 11.5 Å². The van der Waals surface area contributed by atoms with Crippen LogP contribution >= 0.6 is 23.1 Å². The predicted octanol–water partition coefficient (Wildman–Crippen LogP) is 5.42. The highest BCUT2D eigenvalue weighted by Crippen LogP contribution is 2.41. The van der Waals surface area contributed by atoms with E-state index in [-0.39, 0.29) is 22.2 Å². The topological polar surface area (TPSA) is 97.8 Å². The zero-order valence-corrected chi connectivity index (χ0v) is 19.6. The van der Waals surface area contributed by atoms with Gasteiger partial charge in [-0.25, -0.2) is 9.97 Å². The Morgan fingerprint density at radius 1 is 1.09 bits per heavy atom. The second kappa shape index (κ2) is 10.5. The molecule has 3 aromatic rings. The average Bonchev–Trinajstić information content (AvgIpc) is 3.20. The highest BCUT2D eigenvalue weighted by Gasteiger charge is 2.35. The molecule has 3 N–H and O–H groups in total. The Labute approximate surface area is 196 Å². The fourth-order valence-corrected chi connectivity index (χ4v) is 4.29. The lowest BCUT2D eigenvalue weighted by Crippen LogP contribution is -2.11. The van der Waals surface area contributed by atoms with E-state index in [9.17, 15) is 18.3 Å². The molecule has 1 aromatic carbocycles. The molecular weight excluding hydrogens is 481 g/mol. The van der Waals surface area contributed by atoms with Gasteiger partial charge < -0.3 is 30.0 Å². The third-order valence-corrected chi connectivity index (χ3v) is 6.46. The molecule has 1 unspecified atom stereocenters. The van der Waals surface area contributed by atoms with Crippen molar-refractivity contribution in [2.75, 3.05) is 38.2 Å². The van der Waals surface area contributed by atoms with Crippen LogP contribution in [0.3, 0.4) is 0 Å². The van der Waals surface area contributed by atoms with Crippen molar-refractivity contribution in [2.45, 2.75) is 16.8 Å². The monoisotopic (exact) mass is 502 g/mol. The van der Waals surface area contributed by atoms with E-state index in [0.29, 0.717) is 27.7 Å². The molecule has 2 aromatic heterocycles. The number of aliphatic hydroxyl groups excluding tert-OH is 1. The lowest BCUT2D eigenvalue weighted by Gasteiger charge is -2.17. The van der Waals surface area contributed by atoms with Crippen molar-refractivity contribution in [1.29, 1.82) is 0 Å². The molecule has 0 bridgehead atoms. The first-order valence-corrected chi connectivity index (χ1v) is 11.3. The standard InChI is InChI=1S/C20H21F3N4O4S2/c1-29-10-5-6-14(30-2)13(7-10)25-15-8-12(11(9-24-15)20(21,22)23)26-17-16(18(28)31-3)33-19(27-17)32-4/h5-9,18,28H,1-4H3,(H2,24,25,26). The van der Waals surface area contributed by atoms with Gasteiger partial charge in [0.05, 0.1) is 31.2 Å². The molecule has 0 fully saturated rings. The summed E-state index contributed by atoms with van der Waals surface area (Å²) in [4.78, 5) is 8.42. The van der Waals surface area contributed by atoms with Crippen molar-refractivity contribution < 1.29 is 32.5 Å². The van der Waals surface area contributed by atoms with Gasteiger partial charge in [0, 0.05) is 25.4 Å². The fourth-order valence-electron chi connectivity index (χ4n) is 2.79. The fraction of sp³-hybridized carbons (Fsp3) is 0.300. The molecule has 0 saturated heterocycles. The van der Waals surface area contributed by atoms with Crippen LogP contribution in [-0.2, 0) is 10.9 Å². The van der Waals surface area contributed by atoms with Crippen molar-refractivity contribution in [3.05, 3.63) is 40.9 Å². The summed E-state index contributed by atoms with van der Waals surface area (Å²) in [6.45, 7) is 0. The second-order valence-corrected chi connectivity index (χ2v) is 8.50. The molecule has 178 valence electrons. The van der Waals surface area contributed by atoms with Crippen LogP contribution in [0.15, 0.2) is 34.8 Å². The van der Waals surface area contributed by atoms with Gasteiger partial charge in [0.2, 0.25) is 0 Å². The molecule has 8 nitrogen and oxygen atoms in total. The van der Waals surface area contributed by atoms with E-state index in [2.05, 4.69) is 20.6 Å². The second-order valence-electron chi connectivity index (χ2n) is 6.41. The number of hydrogen-bond acceptors (Lipinski definition) is 10. The molecule has 0 saturated carbocycles. The first kappa shape index (κ1) is 24.9. The Morgan fingerprint density at radius 2 is 1.85 bits per heavy atom. The Balaban J connectivity index is 2.03. The maximum Gasteiger partial charge on any atom is 0.419 e. The number of anilines is 4. The summed E-state index contributed by atoms with van der Waals surface area (Å²) < 4.78 is 57.0. The summed E-state index contributed by atoms with van der Waals surface area (Å²) >= 11 is 2.40. The number of rotatable bonds is 9. The van der Waals surface area contributed by atoms with Crippen LogP contribution in [0.25, 0.3) is 0 Å². The van der Waals surface area contributed by atoms with E-state index in [1.807, 2.05) is 0 Å². The van der Waals surface area contributed by atoms with Crippen molar-refractivity contribution in [1.82, 2.24) is 9.97 Å². The Kier molecular flexibility index (Phi) is 7.89. The number of nitrogens with one attached hydrogen (secondary N) is 2. The quantitative estimate of drug-likeness (QED) is 0.262. The van der Waals surface area contributed by atoms with E-state index < -0.39 is 18.0 Å². The molecule has 0 radical (unpaired) electrons. The SMILES string of the molecule is COc1ccc(OC)c(Nc2cc(Nc3nc(SC)sc3C(O)OC)c(C(F)(F)F)cn2)c1. The maximum atomic E-state index is 13.7. The highest BCUT2D eigenvalue weighted by atomic mass is 32.2. The van der Waals surface area contributed by atoms with Gasteiger partial charge >= 0.3 is 6.18 Å². The Hall–Kier alpha value is -2.74. The van der Waals surface area contributed by atoms with Crippen LogP contribution in [-0.4, -0.2) is 42.7 Å². The summed E-state index contributed by atoms with van der Waals surface area (Å²) in [5, 5.41) is 15.7. The first-order chi connectivity index (χ1) is 15.7. The molecule has 0 aliphatic carbocycles. The van der Waals surface area contributed by atoms with E-state index in [1.165, 1.54) is 39.2 Å². The van der Waals surface area contributed by atoms with E-state index in [4.69, 9.17) is 14.2 Å². The molecular formula is C20H21F3N4O4S2. The number of halogens is 3. The lowest BCUT2D eigenvalue weighted by molar-refractivity contribution is -0.137. The Morgan fingerprint density at radius 3 is 2.45 bits per heavy atom. The minimum absolute atomic E-state index is 0.0558. The number of hydrogen-bond donors (Lipinski definition) is 3. The minimum Gasteiger partial charge on any atom is -0.497 e. The summed E-state index contributed by atoms with van der Waals surface area (Å²) in [7, 11) is 4.24. The minimum atomic E-state index is -4.68. The number of aromatic nitrogens is 2. The van der Waals surface area contributed by atoms with E-state index in [0.717, 1.165) is 11.3 Å². The maximum absolute atomic E-state index is 13.7. The molecule has 1 atom stereocenters. The van der Waals surface area contributed by atoms with E-state index in [1.54, 1.807) is 24.5 Å². The van der Waals surface area contributed by atoms with Gasteiger partial charge in [-0.1, -0.05) is 11.8 Å². The normalized spacial score (nSPS) is 12.4. The molecule has 2 heterocycles. The van der Waals surface area contributed by atoms with Gasteiger partial charge in [0.25, 0.3) is 0 Å². The average molecular weight is 503 g/mol. The van der Waals surface area contributed by atoms with Gasteiger partial charge in [0.1, 0.15) is 22.2 Å². The van der Waals surface area contributed by atoms with Gasteiger partial charge in [-0.15, -0.1) is 11.3 Å². The molecule has 13 heteroatoms. The van der Waals surface area contributed by atoms with Crippen molar-refractivity contribution in [2.24, 2.45) is 0 Å². The number of methoxy groups -OCH3 is 3. The summed E-state index contributed by atoms with van der Waals surface area (Å²) in [5.74, 6) is 1.14. The number of alkyl halides is 3. The van der Waals surface area contributed by atoms with Crippen LogP contribution < -0.4 is 20.1 Å². The third kappa shape index (κ3) is 5.79. The summed E-state index contributed by atoms with van der Waals surface area (Å²) in [6, 6.07) is 6.17. The van der Waals surface area contributed by atoms with Crippen LogP contribution in [0, 0.1) is 0 Å². The molecule has 0 amide bonds. The zero-order chi connectivity index (χ0) is 24.2. The van der Waals surface area contributed by atoms with Crippen LogP contribution in [0.1, 0.15) is 16.7 Å². The highest BCUT2D eigenvalue weighted by molar-refractivity contribution is 8.00. The number of nitrogens with zero attached hydrogens (tertiary/aromatic N) is 2. The van der Waals surface area contributed by atoms with Crippen LogP contribution in [0.2, 0.25) is 0 Å². The number of thioether (sulfide) groups is 1. The van der Waals surface area contributed by atoms with Gasteiger partial charge in [0.15, 0.2) is 16.4 Å². The van der Waals surface area contributed by atoms with Gasteiger partial charge in [-0.05, 0) is 18.4 Å². The van der Waals surface area contributed by atoms with Gasteiger partial charge in [-0.3, -0.25) is 0 Å². The zero-order valence-electron chi connectivity index (χ0n) is 18.0. The first-order valence-electron chi connectivity index (χ1n) is 9.29. The third-order valence-electron chi connectivity index (χ3n) is 4.39. The van der Waals surface area contributed by atoms with Crippen molar-refractivity contribution >= 4 is 46.1 Å². The number of pyridine rings is 1. The number of ether oxygens (including phenoxy) is 3. The smallest absolute Gasteiger partial charge is 0.419 e. The number of thiazole rings is 1. The molecule has 0 aliphatic rings. The molecule has 0 aliphatic heterocycles. The summed E-state index contributed by atoms with van der Waals surface area (Å²) in [6.07, 6.45) is -3.55.